The van der Waals surface area contributed by atoms with Crippen LogP contribution in [0.15, 0.2) is 11.2 Å². The number of aromatic nitrogens is 4. The molecule has 0 saturated carbocycles. The number of thioether (sulfide) groups is 1. The minimum absolute atomic E-state index is 0.0482. The fraction of sp³-hybridized carbons (Fsp3) is 0.429. The predicted octanol–water partition coefficient (Wildman–Crippen LogP) is 1.78. The number of ether oxygens (including phenoxy) is 1. The summed E-state index contributed by atoms with van der Waals surface area (Å²) >= 11 is 2.39. The van der Waals surface area contributed by atoms with Crippen molar-refractivity contribution in [2.75, 3.05) is 17.7 Å². The van der Waals surface area contributed by atoms with Gasteiger partial charge < -0.3 is 4.74 Å². The highest BCUT2D eigenvalue weighted by Crippen LogP contribution is 2.18. The first-order valence-electron chi connectivity index (χ1n) is 7.19. The van der Waals surface area contributed by atoms with Gasteiger partial charge in [-0.1, -0.05) is 23.1 Å². The first-order chi connectivity index (χ1) is 11.5. The van der Waals surface area contributed by atoms with E-state index in [-0.39, 0.29) is 24.1 Å². The summed E-state index contributed by atoms with van der Waals surface area (Å²) in [5, 5.41) is 11.7. The van der Waals surface area contributed by atoms with E-state index in [9.17, 15) is 9.59 Å². The van der Waals surface area contributed by atoms with Crippen molar-refractivity contribution in [1.29, 1.82) is 0 Å². The monoisotopic (exact) mass is 367 g/mol. The normalized spacial score (nSPS) is 10.5. The van der Waals surface area contributed by atoms with Crippen molar-refractivity contribution >= 4 is 40.1 Å². The van der Waals surface area contributed by atoms with Crippen LogP contribution in [-0.2, 0) is 20.7 Å². The lowest BCUT2D eigenvalue weighted by Gasteiger charge is -2.02. The number of carbonyl (C=O) groups excluding carboxylic acids is 2. The fourth-order valence-electron chi connectivity index (χ4n) is 1.75. The van der Waals surface area contributed by atoms with Gasteiger partial charge in [0.1, 0.15) is 5.01 Å². The van der Waals surface area contributed by atoms with Gasteiger partial charge in [-0.2, -0.15) is 0 Å². The molecule has 128 valence electrons. The van der Waals surface area contributed by atoms with Gasteiger partial charge >= 0.3 is 5.97 Å². The number of carbonyl (C=O) groups is 2. The molecule has 0 saturated heterocycles. The third kappa shape index (κ3) is 5.85. The summed E-state index contributed by atoms with van der Waals surface area (Å²) in [6.07, 6.45) is 0.0482. The molecular formula is C14H17N5O3S2. The van der Waals surface area contributed by atoms with Gasteiger partial charge in [-0.25, -0.2) is 9.97 Å². The Balaban J connectivity index is 1.84. The van der Waals surface area contributed by atoms with Crippen LogP contribution in [0, 0.1) is 13.8 Å². The molecule has 2 heterocycles. The van der Waals surface area contributed by atoms with Crippen LogP contribution >= 0.6 is 23.1 Å². The summed E-state index contributed by atoms with van der Waals surface area (Å²) in [5.41, 5.74) is 1.72. The number of rotatable bonds is 7. The molecule has 8 nitrogen and oxygen atoms in total. The number of amides is 1. The molecule has 0 aromatic carbocycles. The SMILES string of the molecule is CCOC(=O)Cc1nnc(NC(=O)CSc2nc(C)cc(C)n2)s1. The van der Waals surface area contributed by atoms with E-state index in [1.165, 1.54) is 11.8 Å². The van der Waals surface area contributed by atoms with Crippen LogP contribution in [0.4, 0.5) is 5.13 Å². The Morgan fingerprint density at radius 1 is 1.25 bits per heavy atom. The number of nitrogens with one attached hydrogen (secondary N) is 1. The maximum Gasteiger partial charge on any atom is 0.312 e. The minimum Gasteiger partial charge on any atom is -0.466 e. The topological polar surface area (TPSA) is 107 Å². The zero-order chi connectivity index (χ0) is 17.5. The summed E-state index contributed by atoms with van der Waals surface area (Å²) in [6, 6.07) is 1.87. The standard InChI is InChI=1S/C14H17N5O3S2/c1-4-22-12(21)6-11-18-19-14(24-11)17-10(20)7-23-13-15-8(2)5-9(3)16-13/h5H,4,6-7H2,1-3H3,(H,17,19,20). The summed E-state index contributed by atoms with van der Waals surface area (Å²) in [6.45, 7) is 5.82. The number of nitrogens with zero attached hydrogens (tertiary/aromatic N) is 4. The number of hydrogen-bond acceptors (Lipinski definition) is 9. The van der Waals surface area contributed by atoms with E-state index in [0.717, 1.165) is 22.7 Å². The van der Waals surface area contributed by atoms with Gasteiger partial charge in [-0.3, -0.25) is 14.9 Å². The van der Waals surface area contributed by atoms with Crippen molar-refractivity contribution in [1.82, 2.24) is 20.2 Å². The molecule has 2 aromatic heterocycles. The molecule has 0 fully saturated rings. The Kier molecular flexibility index (Phi) is 6.62. The third-order valence-electron chi connectivity index (χ3n) is 2.61. The molecule has 0 unspecified atom stereocenters. The van der Waals surface area contributed by atoms with Crippen molar-refractivity contribution in [3.8, 4) is 0 Å². The highest BCUT2D eigenvalue weighted by molar-refractivity contribution is 7.99. The molecule has 0 spiro atoms. The van der Waals surface area contributed by atoms with E-state index in [1.54, 1.807) is 6.92 Å². The molecular weight excluding hydrogens is 350 g/mol. The molecule has 2 aromatic rings. The Labute approximate surface area is 147 Å². The van der Waals surface area contributed by atoms with E-state index >= 15 is 0 Å². The zero-order valence-corrected chi connectivity index (χ0v) is 15.2. The molecule has 24 heavy (non-hydrogen) atoms. The van der Waals surface area contributed by atoms with Crippen LogP contribution in [0.2, 0.25) is 0 Å². The van der Waals surface area contributed by atoms with Crippen LogP contribution in [0.1, 0.15) is 23.3 Å². The van der Waals surface area contributed by atoms with Crippen LogP contribution in [-0.4, -0.2) is 44.4 Å². The second-order valence-corrected chi connectivity index (χ2v) is 6.76. The van der Waals surface area contributed by atoms with Crippen molar-refractivity contribution in [2.24, 2.45) is 0 Å². The first-order valence-corrected chi connectivity index (χ1v) is 8.99. The lowest BCUT2D eigenvalue weighted by molar-refractivity contribution is -0.142. The van der Waals surface area contributed by atoms with E-state index < -0.39 is 0 Å². The molecule has 10 heteroatoms. The molecule has 0 aliphatic rings. The first kappa shape index (κ1) is 18.3. The van der Waals surface area contributed by atoms with Crippen LogP contribution in [0.3, 0.4) is 0 Å². The van der Waals surface area contributed by atoms with Crippen LogP contribution in [0.25, 0.3) is 0 Å². The highest BCUT2D eigenvalue weighted by Gasteiger charge is 2.13. The van der Waals surface area contributed by atoms with Crippen molar-refractivity contribution in [3.63, 3.8) is 0 Å². The Morgan fingerprint density at radius 2 is 1.96 bits per heavy atom. The smallest absolute Gasteiger partial charge is 0.312 e. The number of anilines is 1. The van der Waals surface area contributed by atoms with E-state index in [0.29, 0.717) is 21.9 Å². The Bertz CT molecular complexity index is 715. The van der Waals surface area contributed by atoms with E-state index in [1.807, 2.05) is 19.9 Å². The number of hydrogen-bond donors (Lipinski definition) is 1. The van der Waals surface area contributed by atoms with Crippen molar-refractivity contribution in [3.05, 3.63) is 22.5 Å². The molecule has 0 radical (unpaired) electrons. The average Bonchev–Trinajstić information content (AvgIpc) is 2.91. The number of esters is 1. The zero-order valence-electron chi connectivity index (χ0n) is 13.5. The molecule has 2 rings (SSSR count). The lowest BCUT2D eigenvalue weighted by atomic mass is 10.4. The van der Waals surface area contributed by atoms with Gasteiger partial charge in [-0.05, 0) is 26.8 Å². The molecule has 0 bridgehead atoms. The average molecular weight is 367 g/mol. The number of aryl methyl sites for hydroxylation is 2. The maximum absolute atomic E-state index is 11.9. The summed E-state index contributed by atoms with van der Waals surface area (Å²) in [7, 11) is 0. The van der Waals surface area contributed by atoms with Gasteiger partial charge in [0.25, 0.3) is 0 Å². The van der Waals surface area contributed by atoms with Crippen LogP contribution < -0.4 is 5.32 Å². The Hall–Kier alpha value is -2.07. The Morgan fingerprint density at radius 3 is 2.62 bits per heavy atom. The van der Waals surface area contributed by atoms with Crippen molar-refractivity contribution < 1.29 is 14.3 Å². The summed E-state index contributed by atoms with van der Waals surface area (Å²) in [5.74, 6) is -0.439. The van der Waals surface area contributed by atoms with Gasteiger partial charge in [0.2, 0.25) is 11.0 Å². The molecule has 1 amide bonds. The fourth-order valence-corrected chi connectivity index (χ4v) is 3.25. The van der Waals surface area contributed by atoms with Crippen LogP contribution in [0.5, 0.6) is 0 Å². The largest absolute Gasteiger partial charge is 0.466 e. The second kappa shape index (κ2) is 8.69. The molecule has 1 N–H and O–H groups in total. The minimum atomic E-state index is -0.367. The highest BCUT2D eigenvalue weighted by atomic mass is 32.2. The predicted molar refractivity (Wildman–Crippen MR) is 91.1 cm³/mol. The van der Waals surface area contributed by atoms with E-state index in [4.69, 9.17) is 4.74 Å². The quantitative estimate of drug-likeness (QED) is 0.448. The maximum atomic E-state index is 11.9. The van der Waals surface area contributed by atoms with Gasteiger partial charge in [0.05, 0.1) is 18.8 Å². The van der Waals surface area contributed by atoms with E-state index in [2.05, 4.69) is 25.5 Å². The third-order valence-corrected chi connectivity index (χ3v) is 4.29. The summed E-state index contributed by atoms with van der Waals surface area (Å²) < 4.78 is 4.84. The van der Waals surface area contributed by atoms with Gasteiger partial charge in [0.15, 0.2) is 5.16 Å². The second-order valence-electron chi connectivity index (χ2n) is 4.75. The van der Waals surface area contributed by atoms with Crippen molar-refractivity contribution in [2.45, 2.75) is 32.3 Å². The molecule has 0 atom stereocenters. The molecule has 0 aliphatic carbocycles. The lowest BCUT2D eigenvalue weighted by Crippen LogP contribution is -2.14. The van der Waals surface area contributed by atoms with Gasteiger partial charge in [-0.15, -0.1) is 10.2 Å². The molecule has 0 aliphatic heterocycles. The van der Waals surface area contributed by atoms with Gasteiger partial charge in [0, 0.05) is 11.4 Å². The summed E-state index contributed by atoms with van der Waals surface area (Å²) in [4.78, 5) is 31.8.